The molecule has 0 saturated carbocycles. The van der Waals surface area contributed by atoms with E-state index in [-0.39, 0.29) is 6.54 Å². The lowest BCUT2D eigenvalue weighted by Gasteiger charge is -2.42. The zero-order valence-corrected chi connectivity index (χ0v) is 17.3. The summed E-state index contributed by atoms with van der Waals surface area (Å²) in [5.74, 6) is 1.32. The molecule has 0 aliphatic heterocycles. The van der Waals surface area contributed by atoms with E-state index in [0.29, 0.717) is 22.1 Å². The molecule has 1 unspecified atom stereocenters. The summed E-state index contributed by atoms with van der Waals surface area (Å²) < 4.78 is 9.10. The molecular weight excluding hydrogens is 404 g/mol. The van der Waals surface area contributed by atoms with Crippen LogP contribution in [0.1, 0.15) is 19.4 Å². The van der Waals surface area contributed by atoms with Crippen LogP contribution in [0.2, 0.25) is 5.02 Å². The van der Waals surface area contributed by atoms with Crippen molar-refractivity contribution in [3.05, 3.63) is 84.4 Å². The van der Waals surface area contributed by atoms with E-state index in [2.05, 4.69) is 20.2 Å². The third-order valence-corrected chi connectivity index (χ3v) is 5.49. The summed E-state index contributed by atoms with van der Waals surface area (Å²) in [6.07, 6.45) is 6.04. The van der Waals surface area contributed by atoms with Crippen molar-refractivity contribution in [2.24, 2.45) is 0 Å². The van der Waals surface area contributed by atoms with Gasteiger partial charge in [-0.3, -0.25) is 0 Å². The first kappa shape index (κ1) is 20.1. The zero-order chi connectivity index (χ0) is 21.2. The number of halogens is 1. The Balaban J connectivity index is 1.67. The van der Waals surface area contributed by atoms with Crippen LogP contribution in [-0.4, -0.2) is 34.6 Å². The van der Waals surface area contributed by atoms with E-state index >= 15 is 0 Å². The lowest BCUT2D eigenvalue weighted by Crippen LogP contribution is -2.52. The maximum Gasteiger partial charge on any atom is 0.137 e. The number of nitrogens with zero attached hydrogens (tertiary/aromatic N) is 6. The maximum absolute atomic E-state index is 11.9. The fourth-order valence-corrected chi connectivity index (χ4v) is 3.44. The van der Waals surface area contributed by atoms with Gasteiger partial charge in [0.1, 0.15) is 42.4 Å². The van der Waals surface area contributed by atoms with E-state index in [9.17, 15) is 5.11 Å². The minimum Gasteiger partial charge on any atom is -0.457 e. The molecule has 30 heavy (non-hydrogen) atoms. The van der Waals surface area contributed by atoms with Gasteiger partial charge >= 0.3 is 0 Å². The van der Waals surface area contributed by atoms with E-state index in [1.165, 1.54) is 12.7 Å². The first-order valence-corrected chi connectivity index (χ1v) is 9.70. The Labute approximate surface area is 178 Å². The Hall–Kier alpha value is -3.23. The Morgan fingerprint density at radius 1 is 0.900 bits per heavy atom. The molecule has 9 heteroatoms. The molecule has 4 rings (SSSR count). The van der Waals surface area contributed by atoms with Gasteiger partial charge in [0.2, 0.25) is 0 Å². The van der Waals surface area contributed by atoms with Crippen molar-refractivity contribution in [3.63, 3.8) is 0 Å². The normalized spacial score (nSPS) is 13.7. The van der Waals surface area contributed by atoms with Crippen LogP contribution < -0.4 is 4.74 Å². The predicted molar refractivity (Wildman–Crippen MR) is 111 cm³/mol. The highest BCUT2D eigenvalue weighted by Gasteiger charge is 2.47. The van der Waals surface area contributed by atoms with Crippen LogP contribution in [0.25, 0.3) is 0 Å². The van der Waals surface area contributed by atoms with Gasteiger partial charge in [0.05, 0.1) is 12.1 Å². The van der Waals surface area contributed by atoms with Crippen molar-refractivity contribution in [1.29, 1.82) is 0 Å². The molecule has 0 bridgehead atoms. The van der Waals surface area contributed by atoms with Crippen LogP contribution in [-0.2, 0) is 17.7 Å². The van der Waals surface area contributed by atoms with Crippen LogP contribution >= 0.6 is 11.6 Å². The predicted octanol–water partition coefficient (Wildman–Crippen LogP) is 3.64. The van der Waals surface area contributed by atoms with Crippen LogP contribution in [0, 0.1) is 0 Å². The van der Waals surface area contributed by atoms with Gasteiger partial charge in [0, 0.05) is 5.02 Å². The second kappa shape index (κ2) is 7.89. The van der Waals surface area contributed by atoms with Gasteiger partial charge in [-0.2, -0.15) is 10.2 Å². The quantitative estimate of drug-likeness (QED) is 0.487. The van der Waals surface area contributed by atoms with E-state index < -0.39 is 11.1 Å². The molecule has 0 saturated heterocycles. The molecule has 1 N–H and O–H groups in total. The summed E-state index contributed by atoms with van der Waals surface area (Å²) in [4.78, 5) is 8.02. The molecule has 0 spiro atoms. The molecule has 4 aromatic rings. The van der Waals surface area contributed by atoms with E-state index in [4.69, 9.17) is 16.3 Å². The first-order valence-electron chi connectivity index (χ1n) is 9.32. The van der Waals surface area contributed by atoms with Gasteiger partial charge < -0.3 is 9.84 Å². The van der Waals surface area contributed by atoms with Crippen molar-refractivity contribution in [2.75, 3.05) is 0 Å². The highest BCUT2D eigenvalue weighted by molar-refractivity contribution is 6.30. The highest BCUT2D eigenvalue weighted by atomic mass is 35.5. The summed E-state index contributed by atoms with van der Waals surface area (Å²) in [6.45, 7) is 3.98. The standard InChI is InChI=1S/C21H21ClN6O2/c1-20(2,28-15-24-13-26-28)21(29,11-27-14-23-12-25-27)16-3-7-18(8-4-16)30-19-9-5-17(22)6-10-19/h3-10,12-15,29H,11H2,1-2H3. The third-order valence-electron chi connectivity index (χ3n) is 5.24. The van der Waals surface area contributed by atoms with Crippen LogP contribution in [0.3, 0.4) is 0 Å². The second-order valence-corrected chi connectivity index (χ2v) is 7.87. The number of aromatic nitrogens is 6. The highest BCUT2D eigenvalue weighted by Crippen LogP contribution is 2.40. The van der Waals surface area contributed by atoms with Crippen LogP contribution in [0.15, 0.2) is 73.8 Å². The second-order valence-electron chi connectivity index (χ2n) is 7.43. The van der Waals surface area contributed by atoms with Gasteiger partial charge in [0.15, 0.2) is 0 Å². The van der Waals surface area contributed by atoms with Gasteiger partial charge in [-0.15, -0.1) is 0 Å². The fourth-order valence-electron chi connectivity index (χ4n) is 3.31. The summed E-state index contributed by atoms with van der Waals surface area (Å²) in [5, 5.41) is 21.0. The topological polar surface area (TPSA) is 90.9 Å². The summed E-state index contributed by atoms with van der Waals surface area (Å²) in [5.41, 5.74) is -1.52. The van der Waals surface area contributed by atoms with Gasteiger partial charge in [0.25, 0.3) is 0 Å². The Morgan fingerprint density at radius 2 is 1.50 bits per heavy atom. The first-order chi connectivity index (χ1) is 14.4. The number of benzene rings is 2. The van der Waals surface area contributed by atoms with Crippen LogP contribution in [0.5, 0.6) is 11.5 Å². The molecule has 154 valence electrons. The summed E-state index contributed by atoms with van der Waals surface area (Å²) >= 11 is 5.92. The molecule has 0 fully saturated rings. The van der Waals surface area contributed by atoms with Gasteiger partial charge in [-0.25, -0.2) is 19.3 Å². The molecule has 0 amide bonds. The van der Waals surface area contributed by atoms with Crippen molar-refractivity contribution >= 4 is 11.6 Å². The molecule has 0 aliphatic carbocycles. The maximum atomic E-state index is 11.9. The zero-order valence-electron chi connectivity index (χ0n) is 16.6. The molecule has 0 aliphatic rings. The number of ether oxygens (including phenoxy) is 1. The Kier molecular flexibility index (Phi) is 5.27. The smallest absolute Gasteiger partial charge is 0.137 e. The number of aliphatic hydroxyl groups is 1. The molecule has 0 radical (unpaired) electrons. The number of hydrogen-bond donors (Lipinski definition) is 1. The number of hydrogen-bond acceptors (Lipinski definition) is 6. The molecule has 1 atom stereocenters. The van der Waals surface area contributed by atoms with E-state index in [1.54, 1.807) is 46.3 Å². The van der Waals surface area contributed by atoms with Crippen LogP contribution in [0.4, 0.5) is 0 Å². The average Bonchev–Trinajstić information content (AvgIpc) is 3.44. The molecule has 2 aromatic carbocycles. The molecule has 2 heterocycles. The molecular formula is C21H21ClN6O2. The number of rotatable bonds is 7. The lowest BCUT2D eigenvalue weighted by molar-refractivity contribution is -0.0861. The molecule has 2 aromatic heterocycles. The van der Waals surface area contributed by atoms with Gasteiger partial charge in [-0.1, -0.05) is 23.7 Å². The SMILES string of the molecule is CC(C)(n1cncn1)C(O)(Cn1cncn1)c1ccc(Oc2ccc(Cl)cc2)cc1. The minimum atomic E-state index is -1.37. The Morgan fingerprint density at radius 3 is 2.07 bits per heavy atom. The largest absolute Gasteiger partial charge is 0.457 e. The van der Waals surface area contributed by atoms with Crippen molar-refractivity contribution in [3.8, 4) is 11.5 Å². The fraction of sp³-hybridized carbons (Fsp3) is 0.238. The van der Waals surface area contributed by atoms with Crippen molar-refractivity contribution in [1.82, 2.24) is 29.5 Å². The van der Waals surface area contributed by atoms with Crippen molar-refractivity contribution in [2.45, 2.75) is 31.5 Å². The third kappa shape index (κ3) is 3.79. The van der Waals surface area contributed by atoms with E-state index in [1.807, 2.05) is 38.1 Å². The summed E-state index contributed by atoms with van der Waals surface area (Å²) in [7, 11) is 0. The van der Waals surface area contributed by atoms with Crippen molar-refractivity contribution < 1.29 is 9.84 Å². The average molecular weight is 425 g/mol. The summed E-state index contributed by atoms with van der Waals surface area (Å²) in [6, 6.07) is 14.4. The lowest BCUT2D eigenvalue weighted by atomic mass is 9.77. The van der Waals surface area contributed by atoms with Gasteiger partial charge in [-0.05, 0) is 55.8 Å². The molecule has 8 nitrogen and oxygen atoms in total. The Bertz CT molecular complexity index is 1080. The van der Waals surface area contributed by atoms with E-state index in [0.717, 1.165) is 0 Å². The monoisotopic (exact) mass is 424 g/mol. The minimum absolute atomic E-state index is 0.178.